The molecule has 0 heterocycles. The number of hydrogen-bond donors (Lipinski definition) is 0. The first-order valence-corrected chi connectivity index (χ1v) is 5.49. The number of halogens is 1. The Hall–Kier alpha value is -1.96. The van der Waals surface area contributed by atoms with Gasteiger partial charge in [-0.05, 0) is 36.8 Å². The van der Waals surface area contributed by atoms with Crippen molar-refractivity contribution >= 4 is 5.78 Å². The van der Waals surface area contributed by atoms with E-state index in [1.165, 1.54) is 24.3 Å². The monoisotopic (exact) mass is 228 g/mol. The Kier molecular flexibility index (Phi) is 3.33. The zero-order valence-electron chi connectivity index (χ0n) is 9.61. The number of Topliss-reactive ketones (excluding diaryl/α,β-unsaturated/α-hetero) is 1. The zero-order chi connectivity index (χ0) is 12.3. The Morgan fingerprint density at radius 3 is 2.47 bits per heavy atom. The Morgan fingerprint density at radius 2 is 1.82 bits per heavy atom. The predicted octanol–water partition coefficient (Wildman–Crippen LogP) is 3.56. The standard InChI is InChI=1S/C15H13FO/c1-11-3-2-4-12(9-11)10-15(17)13-5-7-14(16)8-6-13/h2-9H,10H2,1H3. The van der Waals surface area contributed by atoms with E-state index in [0.717, 1.165) is 11.1 Å². The van der Waals surface area contributed by atoms with Gasteiger partial charge in [-0.1, -0.05) is 29.8 Å². The summed E-state index contributed by atoms with van der Waals surface area (Å²) in [5, 5.41) is 0. The van der Waals surface area contributed by atoms with Crippen LogP contribution >= 0.6 is 0 Å². The molecule has 0 aromatic heterocycles. The molecule has 0 aliphatic rings. The molecule has 2 aromatic carbocycles. The maximum Gasteiger partial charge on any atom is 0.167 e. The van der Waals surface area contributed by atoms with E-state index in [2.05, 4.69) is 0 Å². The van der Waals surface area contributed by atoms with Crippen LogP contribution in [0.15, 0.2) is 48.5 Å². The minimum absolute atomic E-state index is 0.00981. The third-order valence-corrected chi connectivity index (χ3v) is 2.61. The van der Waals surface area contributed by atoms with E-state index in [4.69, 9.17) is 0 Å². The minimum Gasteiger partial charge on any atom is -0.294 e. The van der Waals surface area contributed by atoms with E-state index in [1.807, 2.05) is 31.2 Å². The van der Waals surface area contributed by atoms with Crippen LogP contribution in [-0.4, -0.2) is 5.78 Å². The number of carbonyl (C=O) groups is 1. The molecule has 0 unspecified atom stereocenters. The molecule has 1 nitrogen and oxygen atoms in total. The molecule has 0 aliphatic carbocycles. The second-order valence-electron chi connectivity index (χ2n) is 4.10. The highest BCUT2D eigenvalue weighted by Crippen LogP contribution is 2.10. The molecule has 0 saturated carbocycles. The first-order chi connectivity index (χ1) is 8.15. The molecule has 0 saturated heterocycles. The van der Waals surface area contributed by atoms with Gasteiger partial charge in [0.25, 0.3) is 0 Å². The van der Waals surface area contributed by atoms with Gasteiger partial charge in [0, 0.05) is 12.0 Å². The molecule has 2 aromatic rings. The van der Waals surface area contributed by atoms with Gasteiger partial charge in [-0.2, -0.15) is 0 Å². The normalized spacial score (nSPS) is 10.2. The van der Waals surface area contributed by atoms with Crippen LogP contribution in [0.5, 0.6) is 0 Å². The third kappa shape index (κ3) is 3.00. The van der Waals surface area contributed by atoms with E-state index in [1.54, 1.807) is 0 Å². The van der Waals surface area contributed by atoms with Crippen LogP contribution < -0.4 is 0 Å². The number of carbonyl (C=O) groups excluding carboxylic acids is 1. The summed E-state index contributed by atoms with van der Waals surface area (Å²) in [4.78, 5) is 11.9. The molecule has 17 heavy (non-hydrogen) atoms. The van der Waals surface area contributed by atoms with Gasteiger partial charge in [-0.3, -0.25) is 4.79 Å². The summed E-state index contributed by atoms with van der Waals surface area (Å²) < 4.78 is 12.7. The molecule has 0 radical (unpaired) electrons. The summed E-state index contributed by atoms with van der Waals surface area (Å²) in [5.74, 6) is -0.312. The molecule has 0 spiro atoms. The van der Waals surface area contributed by atoms with Crippen LogP contribution in [0.2, 0.25) is 0 Å². The highest BCUT2D eigenvalue weighted by atomic mass is 19.1. The van der Waals surface area contributed by atoms with E-state index < -0.39 is 0 Å². The first kappa shape index (κ1) is 11.5. The van der Waals surface area contributed by atoms with Crippen molar-refractivity contribution in [3.63, 3.8) is 0 Å². The fraction of sp³-hybridized carbons (Fsp3) is 0.133. The SMILES string of the molecule is Cc1cccc(CC(=O)c2ccc(F)cc2)c1. The van der Waals surface area contributed by atoms with Crippen LogP contribution in [0.25, 0.3) is 0 Å². The van der Waals surface area contributed by atoms with Crippen molar-refractivity contribution in [2.45, 2.75) is 13.3 Å². The van der Waals surface area contributed by atoms with Gasteiger partial charge in [0.15, 0.2) is 5.78 Å². The van der Waals surface area contributed by atoms with Crippen LogP contribution in [0, 0.1) is 12.7 Å². The van der Waals surface area contributed by atoms with E-state index >= 15 is 0 Å². The largest absolute Gasteiger partial charge is 0.294 e. The number of rotatable bonds is 3. The Labute approximate surface area is 99.9 Å². The zero-order valence-corrected chi connectivity index (χ0v) is 9.61. The molecule has 0 amide bonds. The van der Waals surface area contributed by atoms with Crippen LogP contribution in [-0.2, 0) is 6.42 Å². The van der Waals surface area contributed by atoms with Crippen molar-refractivity contribution in [2.24, 2.45) is 0 Å². The molecule has 0 N–H and O–H groups in total. The maximum absolute atomic E-state index is 12.7. The summed E-state index contributed by atoms with van der Waals surface area (Å²) in [6.07, 6.45) is 0.354. The van der Waals surface area contributed by atoms with Crippen molar-refractivity contribution in [1.82, 2.24) is 0 Å². The summed E-state index contributed by atoms with van der Waals surface area (Å²) in [6, 6.07) is 13.5. The van der Waals surface area contributed by atoms with E-state index in [0.29, 0.717) is 12.0 Å². The summed E-state index contributed by atoms with van der Waals surface area (Å²) >= 11 is 0. The lowest BCUT2D eigenvalue weighted by molar-refractivity contribution is 0.0993. The minimum atomic E-state index is -0.322. The highest BCUT2D eigenvalue weighted by molar-refractivity contribution is 5.97. The fourth-order valence-corrected chi connectivity index (χ4v) is 1.75. The van der Waals surface area contributed by atoms with Crippen molar-refractivity contribution in [3.05, 3.63) is 71.0 Å². The molecule has 0 bridgehead atoms. The van der Waals surface area contributed by atoms with E-state index in [-0.39, 0.29) is 11.6 Å². The molecule has 0 atom stereocenters. The van der Waals surface area contributed by atoms with Gasteiger partial charge >= 0.3 is 0 Å². The summed E-state index contributed by atoms with van der Waals surface area (Å²) in [5.41, 5.74) is 2.67. The first-order valence-electron chi connectivity index (χ1n) is 5.49. The third-order valence-electron chi connectivity index (χ3n) is 2.61. The molecule has 0 aliphatic heterocycles. The lowest BCUT2D eigenvalue weighted by Crippen LogP contribution is -2.03. The van der Waals surface area contributed by atoms with Gasteiger partial charge in [0.1, 0.15) is 5.82 Å². The predicted molar refractivity (Wildman–Crippen MR) is 65.6 cm³/mol. The average molecular weight is 228 g/mol. The molecule has 2 rings (SSSR count). The van der Waals surface area contributed by atoms with Crippen molar-refractivity contribution < 1.29 is 9.18 Å². The second kappa shape index (κ2) is 4.91. The number of ketones is 1. The molecule has 0 fully saturated rings. The van der Waals surface area contributed by atoms with Crippen molar-refractivity contribution in [2.75, 3.05) is 0 Å². The smallest absolute Gasteiger partial charge is 0.167 e. The Morgan fingerprint density at radius 1 is 1.12 bits per heavy atom. The summed E-state index contributed by atoms with van der Waals surface area (Å²) in [7, 11) is 0. The van der Waals surface area contributed by atoms with Gasteiger partial charge in [-0.15, -0.1) is 0 Å². The van der Waals surface area contributed by atoms with Crippen LogP contribution in [0.1, 0.15) is 21.5 Å². The second-order valence-corrected chi connectivity index (χ2v) is 4.10. The Bertz CT molecular complexity index is 529. The van der Waals surface area contributed by atoms with Crippen molar-refractivity contribution in [3.8, 4) is 0 Å². The average Bonchev–Trinajstić information content (AvgIpc) is 2.29. The van der Waals surface area contributed by atoms with Crippen LogP contribution in [0.3, 0.4) is 0 Å². The lowest BCUT2D eigenvalue weighted by Gasteiger charge is -2.02. The van der Waals surface area contributed by atoms with Gasteiger partial charge in [0.05, 0.1) is 0 Å². The lowest BCUT2D eigenvalue weighted by atomic mass is 10.0. The topological polar surface area (TPSA) is 17.1 Å². The van der Waals surface area contributed by atoms with Gasteiger partial charge in [-0.25, -0.2) is 4.39 Å². The Balaban J connectivity index is 2.14. The quantitative estimate of drug-likeness (QED) is 0.734. The van der Waals surface area contributed by atoms with Crippen LogP contribution in [0.4, 0.5) is 4.39 Å². The molecular formula is C15H13FO. The summed E-state index contributed by atoms with van der Waals surface area (Å²) in [6.45, 7) is 1.99. The molecule has 86 valence electrons. The maximum atomic E-state index is 12.7. The highest BCUT2D eigenvalue weighted by Gasteiger charge is 2.07. The fourth-order valence-electron chi connectivity index (χ4n) is 1.75. The van der Waals surface area contributed by atoms with E-state index in [9.17, 15) is 9.18 Å². The van der Waals surface area contributed by atoms with Gasteiger partial charge in [0.2, 0.25) is 0 Å². The van der Waals surface area contributed by atoms with Gasteiger partial charge < -0.3 is 0 Å². The number of hydrogen-bond acceptors (Lipinski definition) is 1. The number of aryl methyl sites for hydroxylation is 1. The van der Waals surface area contributed by atoms with Crippen molar-refractivity contribution in [1.29, 1.82) is 0 Å². The molecule has 2 heteroatoms. The number of benzene rings is 2. The molecular weight excluding hydrogens is 215 g/mol.